The van der Waals surface area contributed by atoms with Crippen molar-refractivity contribution in [1.29, 1.82) is 0 Å². The van der Waals surface area contributed by atoms with Crippen LogP contribution in [0.3, 0.4) is 0 Å². The standard InChI is InChI=1S/C11H12N4O2S/c1-13-8(16)5-15-11(17)10-9(12)6-2-3-14-4-7(6)18-10/h2-4H,5,12H2,1H3,(H,13,16)(H,15,17). The molecule has 4 N–H and O–H groups in total. The van der Waals surface area contributed by atoms with Crippen LogP contribution in [0.15, 0.2) is 18.5 Å². The molecule has 0 fully saturated rings. The topological polar surface area (TPSA) is 97.1 Å². The predicted molar refractivity (Wildman–Crippen MR) is 70.4 cm³/mol. The molecular formula is C11H12N4O2S. The Balaban J connectivity index is 2.23. The molecule has 2 heterocycles. The fraction of sp³-hybridized carbons (Fsp3) is 0.182. The second-order valence-electron chi connectivity index (χ2n) is 3.57. The third kappa shape index (κ3) is 2.25. The Morgan fingerprint density at radius 3 is 2.94 bits per heavy atom. The van der Waals surface area contributed by atoms with E-state index in [0.29, 0.717) is 10.6 Å². The molecular weight excluding hydrogens is 252 g/mol. The van der Waals surface area contributed by atoms with E-state index >= 15 is 0 Å². The minimum absolute atomic E-state index is 0.0682. The number of likely N-dealkylation sites (N-methyl/N-ethyl adjacent to an activating group) is 1. The summed E-state index contributed by atoms with van der Waals surface area (Å²) in [5.74, 6) is -0.609. The van der Waals surface area contributed by atoms with E-state index in [1.54, 1.807) is 18.5 Å². The Labute approximate surface area is 107 Å². The van der Waals surface area contributed by atoms with Crippen LogP contribution in [0.1, 0.15) is 9.67 Å². The number of carbonyl (C=O) groups is 2. The van der Waals surface area contributed by atoms with Gasteiger partial charge in [0.2, 0.25) is 5.91 Å². The zero-order valence-corrected chi connectivity index (χ0v) is 10.5. The number of carbonyl (C=O) groups excluding carboxylic acids is 2. The second kappa shape index (κ2) is 5.01. The lowest BCUT2D eigenvalue weighted by atomic mass is 10.2. The number of nitrogen functional groups attached to an aromatic ring is 1. The van der Waals surface area contributed by atoms with Gasteiger partial charge in [0.25, 0.3) is 5.91 Å². The fourth-order valence-electron chi connectivity index (χ4n) is 1.47. The molecule has 2 aromatic heterocycles. The van der Waals surface area contributed by atoms with Crippen molar-refractivity contribution in [3.8, 4) is 0 Å². The monoisotopic (exact) mass is 264 g/mol. The van der Waals surface area contributed by atoms with Crippen molar-refractivity contribution >= 4 is 38.9 Å². The first-order valence-electron chi connectivity index (χ1n) is 5.24. The normalized spacial score (nSPS) is 10.3. The number of nitrogens with zero attached hydrogens (tertiary/aromatic N) is 1. The van der Waals surface area contributed by atoms with E-state index in [-0.39, 0.29) is 18.4 Å². The van der Waals surface area contributed by atoms with Gasteiger partial charge in [-0.1, -0.05) is 0 Å². The Morgan fingerprint density at radius 1 is 1.50 bits per heavy atom. The van der Waals surface area contributed by atoms with Crippen LogP contribution in [0.25, 0.3) is 10.1 Å². The maximum Gasteiger partial charge on any atom is 0.263 e. The van der Waals surface area contributed by atoms with E-state index in [1.807, 2.05) is 0 Å². The Hall–Kier alpha value is -2.15. The summed E-state index contributed by atoms with van der Waals surface area (Å²) in [5.41, 5.74) is 6.32. The molecule has 0 bridgehead atoms. The maximum absolute atomic E-state index is 11.9. The highest BCUT2D eigenvalue weighted by Gasteiger charge is 2.16. The van der Waals surface area contributed by atoms with Gasteiger partial charge in [-0.25, -0.2) is 0 Å². The van der Waals surface area contributed by atoms with Crippen molar-refractivity contribution in [3.05, 3.63) is 23.3 Å². The number of rotatable bonds is 3. The molecule has 0 unspecified atom stereocenters. The first-order chi connectivity index (χ1) is 8.63. The molecule has 0 saturated heterocycles. The number of aromatic nitrogens is 1. The molecule has 6 nitrogen and oxygen atoms in total. The summed E-state index contributed by atoms with van der Waals surface area (Å²) in [6.07, 6.45) is 3.28. The zero-order chi connectivity index (χ0) is 13.1. The van der Waals surface area contributed by atoms with Crippen LogP contribution in [0.4, 0.5) is 5.69 Å². The molecule has 0 aliphatic rings. The molecule has 0 saturated carbocycles. The molecule has 0 aliphatic carbocycles. The minimum atomic E-state index is -0.350. The number of thiophene rings is 1. The highest BCUT2D eigenvalue weighted by Crippen LogP contribution is 2.32. The van der Waals surface area contributed by atoms with E-state index < -0.39 is 0 Å². The molecule has 2 rings (SSSR count). The number of pyridine rings is 1. The fourth-order valence-corrected chi connectivity index (χ4v) is 2.48. The van der Waals surface area contributed by atoms with Crippen LogP contribution in [-0.2, 0) is 4.79 Å². The van der Waals surface area contributed by atoms with E-state index in [2.05, 4.69) is 15.6 Å². The Kier molecular flexibility index (Phi) is 3.42. The van der Waals surface area contributed by atoms with E-state index in [1.165, 1.54) is 18.4 Å². The lowest BCUT2D eigenvalue weighted by molar-refractivity contribution is -0.119. The van der Waals surface area contributed by atoms with Crippen molar-refractivity contribution in [2.75, 3.05) is 19.3 Å². The number of nitrogens with two attached hydrogens (primary N) is 1. The molecule has 7 heteroatoms. The van der Waals surface area contributed by atoms with Gasteiger partial charge < -0.3 is 16.4 Å². The first-order valence-corrected chi connectivity index (χ1v) is 6.06. The van der Waals surface area contributed by atoms with Crippen molar-refractivity contribution in [1.82, 2.24) is 15.6 Å². The number of anilines is 1. The molecule has 0 aliphatic heterocycles. The van der Waals surface area contributed by atoms with E-state index in [9.17, 15) is 9.59 Å². The van der Waals surface area contributed by atoms with Gasteiger partial charge in [-0.2, -0.15) is 0 Å². The number of amides is 2. The van der Waals surface area contributed by atoms with Crippen molar-refractivity contribution in [3.63, 3.8) is 0 Å². The molecule has 2 amide bonds. The van der Waals surface area contributed by atoms with Gasteiger partial charge in [0.1, 0.15) is 4.88 Å². The average molecular weight is 264 g/mol. The van der Waals surface area contributed by atoms with E-state index in [4.69, 9.17) is 5.73 Å². The summed E-state index contributed by atoms with van der Waals surface area (Å²) in [6.45, 7) is -0.0682. The van der Waals surface area contributed by atoms with Gasteiger partial charge in [-0.15, -0.1) is 11.3 Å². The summed E-state index contributed by atoms with van der Waals surface area (Å²) >= 11 is 1.26. The molecule has 0 spiro atoms. The molecule has 2 aromatic rings. The van der Waals surface area contributed by atoms with Crippen LogP contribution in [-0.4, -0.2) is 30.4 Å². The van der Waals surface area contributed by atoms with Gasteiger partial charge in [0.15, 0.2) is 0 Å². The molecule has 18 heavy (non-hydrogen) atoms. The number of nitrogens with one attached hydrogen (secondary N) is 2. The average Bonchev–Trinajstić information content (AvgIpc) is 2.73. The zero-order valence-electron chi connectivity index (χ0n) is 9.69. The lowest BCUT2D eigenvalue weighted by Gasteiger charge is -2.02. The first kappa shape index (κ1) is 12.3. The summed E-state index contributed by atoms with van der Waals surface area (Å²) in [7, 11) is 1.51. The predicted octanol–water partition coefficient (Wildman–Crippen LogP) is 0.354. The van der Waals surface area contributed by atoms with Crippen molar-refractivity contribution < 1.29 is 9.59 Å². The van der Waals surface area contributed by atoms with E-state index in [0.717, 1.165) is 10.1 Å². The Morgan fingerprint density at radius 2 is 2.28 bits per heavy atom. The number of hydrogen-bond acceptors (Lipinski definition) is 5. The third-order valence-electron chi connectivity index (χ3n) is 2.43. The summed E-state index contributed by atoms with van der Waals surface area (Å²) < 4.78 is 0.847. The van der Waals surface area contributed by atoms with Gasteiger partial charge in [-0.3, -0.25) is 14.6 Å². The highest BCUT2D eigenvalue weighted by atomic mass is 32.1. The summed E-state index contributed by atoms with van der Waals surface area (Å²) in [5, 5.41) is 5.74. The third-order valence-corrected chi connectivity index (χ3v) is 3.58. The van der Waals surface area contributed by atoms with Crippen LogP contribution in [0.2, 0.25) is 0 Å². The van der Waals surface area contributed by atoms with Gasteiger partial charge in [-0.05, 0) is 6.07 Å². The minimum Gasteiger partial charge on any atom is -0.397 e. The largest absolute Gasteiger partial charge is 0.397 e. The molecule has 0 atom stereocenters. The maximum atomic E-state index is 11.9. The second-order valence-corrected chi connectivity index (χ2v) is 4.62. The Bertz CT molecular complexity index is 608. The van der Waals surface area contributed by atoms with Crippen molar-refractivity contribution in [2.24, 2.45) is 0 Å². The number of hydrogen-bond donors (Lipinski definition) is 3. The van der Waals surface area contributed by atoms with Crippen LogP contribution in [0, 0.1) is 0 Å². The van der Waals surface area contributed by atoms with Gasteiger partial charge >= 0.3 is 0 Å². The van der Waals surface area contributed by atoms with Gasteiger partial charge in [0.05, 0.1) is 16.9 Å². The highest BCUT2D eigenvalue weighted by molar-refractivity contribution is 7.21. The molecule has 0 aromatic carbocycles. The van der Waals surface area contributed by atoms with Crippen LogP contribution >= 0.6 is 11.3 Å². The molecule has 0 radical (unpaired) electrons. The number of fused-ring (bicyclic) bond motifs is 1. The summed E-state index contributed by atoms with van der Waals surface area (Å²) in [4.78, 5) is 27.3. The van der Waals surface area contributed by atoms with Crippen LogP contribution in [0.5, 0.6) is 0 Å². The summed E-state index contributed by atoms with van der Waals surface area (Å²) in [6, 6.07) is 1.76. The van der Waals surface area contributed by atoms with Gasteiger partial charge in [0, 0.05) is 24.8 Å². The lowest BCUT2D eigenvalue weighted by Crippen LogP contribution is -2.35. The molecule has 94 valence electrons. The smallest absolute Gasteiger partial charge is 0.263 e. The SMILES string of the molecule is CNC(=O)CNC(=O)c1sc2cnccc2c1N. The van der Waals surface area contributed by atoms with Crippen LogP contribution < -0.4 is 16.4 Å². The quantitative estimate of drug-likeness (QED) is 0.745. The van der Waals surface area contributed by atoms with Crippen molar-refractivity contribution in [2.45, 2.75) is 0 Å².